The highest BCUT2D eigenvalue weighted by Gasteiger charge is 2.31. The van der Waals surface area contributed by atoms with Crippen LogP contribution in [0.1, 0.15) is 30.3 Å². The van der Waals surface area contributed by atoms with E-state index < -0.39 is 11.6 Å². The smallest absolute Gasteiger partial charge is 0.360 e. The maximum atomic E-state index is 11.4. The minimum Gasteiger partial charge on any atom is -0.461 e. The molecular formula is C11H17N3O4. The summed E-state index contributed by atoms with van der Waals surface area (Å²) >= 11 is 0. The van der Waals surface area contributed by atoms with Crippen LogP contribution in [0.3, 0.4) is 0 Å². The number of hydrogen-bond acceptors (Lipinski definition) is 6. The van der Waals surface area contributed by atoms with Gasteiger partial charge < -0.3 is 14.6 Å². The third kappa shape index (κ3) is 3.05. The standard InChI is InChI=1S/C11H17N3O4/c1-2-18-10(15)9-6-12-14(13-9)7-11(16)4-3-5-17-8-11/h6,16H,2-5,7-8H2,1H3. The Balaban J connectivity index is 1.99. The van der Waals surface area contributed by atoms with E-state index in [0.717, 1.165) is 6.42 Å². The first-order chi connectivity index (χ1) is 8.63. The van der Waals surface area contributed by atoms with Crippen LogP contribution in [0.15, 0.2) is 6.20 Å². The second-order valence-corrected chi connectivity index (χ2v) is 4.36. The summed E-state index contributed by atoms with van der Waals surface area (Å²) in [6.45, 7) is 3.17. The molecule has 0 radical (unpaired) electrons. The average molecular weight is 255 g/mol. The fraction of sp³-hybridized carbons (Fsp3) is 0.727. The van der Waals surface area contributed by atoms with Crippen LogP contribution in [-0.2, 0) is 16.0 Å². The summed E-state index contributed by atoms with van der Waals surface area (Å²) in [5, 5.41) is 18.2. The molecule has 2 rings (SSSR count). The molecule has 7 nitrogen and oxygen atoms in total. The number of esters is 1. The molecule has 1 aromatic heterocycles. The first-order valence-electron chi connectivity index (χ1n) is 6.00. The number of ether oxygens (including phenoxy) is 2. The Labute approximate surface area is 105 Å². The maximum absolute atomic E-state index is 11.4. The number of aliphatic hydroxyl groups is 1. The fourth-order valence-electron chi connectivity index (χ4n) is 1.90. The SMILES string of the molecule is CCOC(=O)c1cnn(CC2(O)CCCOC2)n1. The Hall–Kier alpha value is -1.47. The van der Waals surface area contributed by atoms with Gasteiger partial charge in [0.25, 0.3) is 0 Å². The molecule has 0 bridgehead atoms. The third-order valence-electron chi connectivity index (χ3n) is 2.76. The van der Waals surface area contributed by atoms with Crippen LogP contribution in [0.5, 0.6) is 0 Å². The van der Waals surface area contributed by atoms with Crippen LogP contribution in [0.2, 0.25) is 0 Å². The van der Waals surface area contributed by atoms with E-state index in [2.05, 4.69) is 10.2 Å². The minimum absolute atomic E-state index is 0.150. The van der Waals surface area contributed by atoms with E-state index in [0.29, 0.717) is 19.6 Å². The quantitative estimate of drug-likeness (QED) is 0.762. The number of aromatic nitrogens is 3. The lowest BCUT2D eigenvalue weighted by molar-refractivity contribution is -0.0977. The number of carbonyl (C=O) groups is 1. The lowest BCUT2D eigenvalue weighted by Gasteiger charge is -2.31. The summed E-state index contributed by atoms with van der Waals surface area (Å²) in [4.78, 5) is 12.7. The van der Waals surface area contributed by atoms with Crippen molar-refractivity contribution in [2.75, 3.05) is 19.8 Å². The topological polar surface area (TPSA) is 86.5 Å². The van der Waals surface area contributed by atoms with E-state index in [1.165, 1.54) is 11.0 Å². The maximum Gasteiger partial charge on any atom is 0.360 e. The van der Waals surface area contributed by atoms with Crippen molar-refractivity contribution in [1.82, 2.24) is 15.0 Å². The molecule has 1 aliphatic heterocycles. The molecule has 0 aromatic carbocycles. The summed E-state index contributed by atoms with van der Waals surface area (Å²) in [7, 11) is 0. The van der Waals surface area contributed by atoms with Crippen LogP contribution in [0.25, 0.3) is 0 Å². The van der Waals surface area contributed by atoms with Crippen molar-refractivity contribution >= 4 is 5.97 Å². The monoisotopic (exact) mass is 255 g/mol. The second-order valence-electron chi connectivity index (χ2n) is 4.36. The van der Waals surface area contributed by atoms with Gasteiger partial charge >= 0.3 is 5.97 Å². The van der Waals surface area contributed by atoms with Gasteiger partial charge in [0.05, 0.1) is 26.0 Å². The zero-order valence-electron chi connectivity index (χ0n) is 10.3. The van der Waals surface area contributed by atoms with E-state index in [-0.39, 0.29) is 18.8 Å². The molecule has 100 valence electrons. The number of rotatable bonds is 4. The van der Waals surface area contributed by atoms with E-state index in [1.54, 1.807) is 6.92 Å². The van der Waals surface area contributed by atoms with Crippen molar-refractivity contribution < 1.29 is 19.4 Å². The Morgan fingerprint density at radius 1 is 1.72 bits per heavy atom. The fourth-order valence-corrected chi connectivity index (χ4v) is 1.90. The van der Waals surface area contributed by atoms with Gasteiger partial charge in [-0.15, -0.1) is 5.10 Å². The lowest BCUT2D eigenvalue weighted by Crippen LogP contribution is -2.43. The molecule has 2 heterocycles. The van der Waals surface area contributed by atoms with E-state index >= 15 is 0 Å². The summed E-state index contributed by atoms with van der Waals surface area (Å²) in [6, 6.07) is 0. The summed E-state index contributed by atoms with van der Waals surface area (Å²) in [5.41, 5.74) is -0.805. The zero-order chi connectivity index (χ0) is 13.0. The largest absolute Gasteiger partial charge is 0.461 e. The number of hydrogen-bond donors (Lipinski definition) is 1. The summed E-state index contributed by atoms with van der Waals surface area (Å²) in [5.74, 6) is -0.504. The number of nitrogens with zero attached hydrogens (tertiary/aromatic N) is 3. The van der Waals surface area contributed by atoms with Crippen LogP contribution >= 0.6 is 0 Å². The van der Waals surface area contributed by atoms with E-state index in [4.69, 9.17) is 9.47 Å². The minimum atomic E-state index is -0.955. The Morgan fingerprint density at radius 2 is 2.56 bits per heavy atom. The Kier molecular flexibility index (Phi) is 3.93. The molecule has 0 spiro atoms. The molecule has 1 aromatic rings. The third-order valence-corrected chi connectivity index (χ3v) is 2.76. The highest BCUT2D eigenvalue weighted by Crippen LogP contribution is 2.20. The molecule has 1 aliphatic rings. The van der Waals surface area contributed by atoms with Crippen molar-refractivity contribution in [3.05, 3.63) is 11.9 Å². The molecule has 7 heteroatoms. The first-order valence-corrected chi connectivity index (χ1v) is 6.00. The predicted octanol–water partition coefficient (Wildman–Crippen LogP) is -0.00370. The highest BCUT2D eigenvalue weighted by atomic mass is 16.5. The van der Waals surface area contributed by atoms with E-state index in [1.807, 2.05) is 0 Å². The van der Waals surface area contributed by atoms with Gasteiger partial charge in [-0.2, -0.15) is 9.90 Å². The van der Waals surface area contributed by atoms with Crippen LogP contribution in [0.4, 0.5) is 0 Å². The van der Waals surface area contributed by atoms with Gasteiger partial charge in [-0.1, -0.05) is 0 Å². The van der Waals surface area contributed by atoms with Gasteiger partial charge in [-0.25, -0.2) is 4.79 Å². The average Bonchev–Trinajstić information content (AvgIpc) is 2.78. The van der Waals surface area contributed by atoms with Gasteiger partial charge in [0.15, 0.2) is 5.69 Å². The molecular weight excluding hydrogens is 238 g/mol. The Morgan fingerprint density at radius 3 is 3.22 bits per heavy atom. The van der Waals surface area contributed by atoms with Gasteiger partial charge in [0, 0.05) is 6.61 Å². The van der Waals surface area contributed by atoms with Crippen LogP contribution in [-0.4, -0.2) is 51.5 Å². The van der Waals surface area contributed by atoms with Crippen LogP contribution < -0.4 is 0 Å². The van der Waals surface area contributed by atoms with Gasteiger partial charge in [-0.05, 0) is 19.8 Å². The van der Waals surface area contributed by atoms with E-state index in [9.17, 15) is 9.90 Å². The van der Waals surface area contributed by atoms with Gasteiger partial charge in [0.2, 0.25) is 0 Å². The first kappa shape index (κ1) is 13.0. The van der Waals surface area contributed by atoms with Crippen molar-refractivity contribution in [2.24, 2.45) is 0 Å². The summed E-state index contributed by atoms with van der Waals surface area (Å²) < 4.78 is 10.1. The second kappa shape index (κ2) is 5.45. The molecule has 1 N–H and O–H groups in total. The predicted molar refractivity (Wildman–Crippen MR) is 61.0 cm³/mol. The lowest BCUT2D eigenvalue weighted by atomic mass is 9.97. The zero-order valence-corrected chi connectivity index (χ0v) is 10.3. The van der Waals surface area contributed by atoms with Crippen LogP contribution in [0, 0.1) is 0 Å². The number of carbonyl (C=O) groups excluding carboxylic acids is 1. The molecule has 1 unspecified atom stereocenters. The van der Waals surface area contributed by atoms with Crippen molar-refractivity contribution in [3.63, 3.8) is 0 Å². The molecule has 1 saturated heterocycles. The summed E-state index contributed by atoms with van der Waals surface area (Å²) in [6.07, 6.45) is 2.79. The molecule has 0 amide bonds. The molecule has 0 aliphatic carbocycles. The highest BCUT2D eigenvalue weighted by molar-refractivity contribution is 5.86. The molecule has 0 saturated carbocycles. The molecule has 18 heavy (non-hydrogen) atoms. The van der Waals surface area contributed by atoms with Gasteiger partial charge in [-0.3, -0.25) is 0 Å². The normalized spacial score (nSPS) is 23.9. The molecule has 1 fully saturated rings. The van der Waals surface area contributed by atoms with Gasteiger partial charge in [0.1, 0.15) is 5.60 Å². The Bertz CT molecular complexity index is 412. The van der Waals surface area contributed by atoms with Crippen molar-refractivity contribution in [1.29, 1.82) is 0 Å². The van der Waals surface area contributed by atoms with Crippen molar-refractivity contribution in [2.45, 2.75) is 31.9 Å². The van der Waals surface area contributed by atoms with Crippen molar-refractivity contribution in [3.8, 4) is 0 Å². The molecule has 1 atom stereocenters.